The number of nitrogens with zero attached hydrogens (tertiary/aromatic N) is 3. The summed E-state index contributed by atoms with van der Waals surface area (Å²) in [5.74, 6) is -0.639. The molecule has 28 heavy (non-hydrogen) atoms. The van der Waals surface area contributed by atoms with E-state index in [1.807, 2.05) is 0 Å². The van der Waals surface area contributed by atoms with E-state index in [1.165, 1.54) is 29.1 Å². The minimum absolute atomic E-state index is 0.208. The van der Waals surface area contributed by atoms with Gasteiger partial charge in [0.05, 0.1) is 17.3 Å². The van der Waals surface area contributed by atoms with E-state index in [9.17, 15) is 18.0 Å². The number of aromatic nitrogens is 3. The number of rotatable bonds is 6. The zero-order valence-corrected chi connectivity index (χ0v) is 14.5. The predicted octanol–water partition coefficient (Wildman–Crippen LogP) is 3.68. The summed E-state index contributed by atoms with van der Waals surface area (Å²) in [6, 6.07) is 10.6. The molecule has 1 saturated carbocycles. The first-order valence-electron chi connectivity index (χ1n) is 8.51. The number of ether oxygens (including phenoxy) is 1. The number of benzene rings is 1. The standard InChI is InChI=1S/C19H15F3N4O2/c20-14-4-2-1-3-13(14)19(8-9-19)17(27)24-15-7-10-26(25-15)12-5-6-16(23-11-12)28-18(21)22/h1-7,10-11,18H,8-9H2,(H,24,25,27). The number of amides is 1. The Balaban J connectivity index is 1.48. The van der Waals surface area contributed by atoms with Crippen LogP contribution in [0, 0.1) is 5.82 Å². The fraction of sp³-hybridized carbons (Fsp3) is 0.211. The summed E-state index contributed by atoms with van der Waals surface area (Å²) in [5.41, 5.74) is 0.00777. The topological polar surface area (TPSA) is 69.0 Å². The monoisotopic (exact) mass is 388 g/mol. The largest absolute Gasteiger partial charge is 0.417 e. The van der Waals surface area contributed by atoms with E-state index in [1.54, 1.807) is 30.5 Å². The van der Waals surface area contributed by atoms with E-state index >= 15 is 0 Å². The number of hydrogen-bond donors (Lipinski definition) is 1. The smallest absolute Gasteiger partial charge is 0.388 e. The summed E-state index contributed by atoms with van der Waals surface area (Å²) in [7, 11) is 0. The third kappa shape index (κ3) is 3.42. The molecule has 6 nitrogen and oxygen atoms in total. The minimum atomic E-state index is -2.95. The molecule has 2 aromatic heterocycles. The molecule has 0 radical (unpaired) electrons. The van der Waals surface area contributed by atoms with Crippen LogP contribution in [0.4, 0.5) is 19.0 Å². The van der Waals surface area contributed by atoms with Crippen LogP contribution in [0.5, 0.6) is 5.88 Å². The summed E-state index contributed by atoms with van der Waals surface area (Å²) in [4.78, 5) is 16.5. The molecule has 1 aromatic carbocycles. The number of halogens is 3. The Kier molecular flexibility index (Phi) is 4.50. The fourth-order valence-electron chi connectivity index (χ4n) is 3.03. The van der Waals surface area contributed by atoms with Crippen molar-refractivity contribution in [3.63, 3.8) is 0 Å². The highest BCUT2D eigenvalue weighted by Gasteiger charge is 2.52. The molecule has 0 bridgehead atoms. The van der Waals surface area contributed by atoms with E-state index in [0.29, 0.717) is 29.9 Å². The van der Waals surface area contributed by atoms with Gasteiger partial charge in [-0.1, -0.05) is 18.2 Å². The molecule has 0 spiro atoms. The molecule has 0 saturated heterocycles. The average Bonchev–Trinajstić information content (AvgIpc) is 3.35. The molecule has 4 rings (SSSR count). The number of hydrogen-bond acceptors (Lipinski definition) is 4. The van der Waals surface area contributed by atoms with E-state index in [4.69, 9.17) is 0 Å². The van der Waals surface area contributed by atoms with Crippen LogP contribution in [0.3, 0.4) is 0 Å². The molecular weight excluding hydrogens is 373 g/mol. The highest BCUT2D eigenvalue weighted by atomic mass is 19.3. The summed E-state index contributed by atoms with van der Waals surface area (Å²) in [5, 5.41) is 6.95. The molecule has 1 aliphatic carbocycles. The van der Waals surface area contributed by atoms with Crippen molar-refractivity contribution >= 4 is 11.7 Å². The highest BCUT2D eigenvalue weighted by Crippen LogP contribution is 2.49. The summed E-state index contributed by atoms with van der Waals surface area (Å²) < 4.78 is 44.1. The van der Waals surface area contributed by atoms with Gasteiger partial charge in [-0.3, -0.25) is 4.79 Å². The summed E-state index contributed by atoms with van der Waals surface area (Å²) >= 11 is 0. The highest BCUT2D eigenvalue weighted by molar-refractivity contribution is 6.00. The molecule has 1 amide bonds. The maximum Gasteiger partial charge on any atom is 0.388 e. The first-order valence-corrected chi connectivity index (χ1v) is 8.51. The molecule has 1 N–H and O–H groups in total. The lowest BCUT2D eigenvalue weighted by molar-refractivity contribution is -0.118. The molecule has 9 heteroatoms. The van der Waals surface area contributed by atoms with Crippen molar-refractivity contribution in [3.05, 3.63) is 66.2 Å². The van der Waals surface area contributed by atoms with Gasteiger partial charge in [-0.05, 0) is 25.0 Å². The average molecular weight is 388 g/mol. The SMILES string of the molecule is O=C(Nc1ccn(-c2ccc(OC(F)F)nc2)n1)C1(c2ccccc2F)CC1. The van der Waals surface area contributed by atoms with E-state index in [2.05, 4.69) is 20.1 Å². The Hall–Kier alpha value is -3.36. The molecule has 144 valence electrons. The Morgan fingerprint density at radius 2 is 1.96 bits per heavy atom. The molecule has 0 unspecified atom stereocenters. The molecular formula is C19H15F3N4O2. The molecule has 1 aliphatic rings. The van der Waals surface area contributed by atoms with Gasteiger partial charge < -0.3 is 10.1 Å². The van der Waals surface area contributed by atoms with Crippen molar-refractivity contribution in [2.24, 2.45) is 0 Å². The van der Waals surface area contributed by atoms with Gasteiger partial charge in [0.25, 0.3) is 0 Å². The van der Waals surface area contributed by atoms with Crippen LogP contribution in [0.1, 0.15) is 18.4 Å². The van der Waals surface area contributed by atoms with Gasteiger partial charge in [-0.15, -0.1) is 0 Å². The van der Waals surface area contributed by atoms with E-state index < -0.39 is 17.8 Å². The van der Waals surface area contributed by atoms with Crippen LogP contribution in [0.25, 0.3) is 5.69 Å². The van der Waals surface area contributed by atoms with Crippen molar-refractivity contribution in [3.8, 4) is 11.6 Å². The van der Waals surface area contributed by atoms with Gasteiger partial charge >= 0.3 is 6.61 Å². The van der Waals surface area contributed by atoms with Crippen molar-refractivity contribution in [2.45, 2.75) is 24.9 Å². The van der Waals surface area contributed by atoms with Crippen LogP contribution < -0.4 is 10.1 Å². The van der Waals surface area contributed by atoms with Crippen molar-refractivity contribution < 1.29 is 22.7 Å². The molecule has 0 aliphatic heterocycles. The van der Waals surface area contributed by atoms with Gasteiger partial charge in [-0.2, -0.15) is 13.9 Å². The number of carbonyl (C=O) groups excluding carboxylic acids is 1. The lowest BCUT2D eigenvalue weighted by Gasteiger charge is -2.15. The molecule has 3 aromatic rings. The van der Waals surface area contributed by atoms with Crippen LogP contribution in [0.15, 0.2) is 54.9 Å². The summed E-state index contributed by atoms with van der Waals surface area (Å²) in [6.07, 6.45) is 4.03. The van der Waals surface area contributed by atoms with Crippen LogP contribution in [0.2, 0.25) is 0 Å². The first kappa shape index (κ1) is 18.0. The number of anilines is 1. The predicted molar refractivity (Wildman–Crippen MR) is 93.9 cm³/mol. The van der Waals surface area contributed by atoms with Gasteiger partial charge in [0, 0.05) is 23.9 Å². The lowest BCUT2D eigenvalue weighted by atomic mass is 9.94. The fourth-order valence-corrected chi connectivity index (χ4v) is 3.03. The van der Waals surface area contributed by atoms with Crippen molar-refractivity contribution in [1.82, 2.24) is 14.8 Å². The second-order valence-electron chi connectivity index (χ2n) is 6.39. The van der Waals surface area contributed by atoms with Crippen molar-refractivity contribution in [2.75, 3.05) is 5.32 Å². The molecule has 0 atom stereocenters. The van der Waals surface area contributed by atoms with Crippen molar-refractivity contribution in [1.29, 1.82) is 0 Å². The summed E-state index contributed by atoms with van der Waals surface area (Å²) in [6.45, 7) is -2.95. The zero-order valence-electron chi connectivity index (χ0n) is 14.5. The first-order chi connectivity index (χ1) is 13.5. The normalized spacial score (nSPS) is 14.7. The zero-order chi connectivity index (χ0) is 19.7. The van der Waals surface area contributed by atoms with Crippen LogP contribution >= 0.6 is 0 Å². The Morgan fingerprint density at radius 3 is 2.61 bits per heavy atom. The number of pyridine rings is 1. The third-order valence-electron chi connectivity index (χ3n) is 4.60. The second-order valence-corrected chi connectivity index (χ2v) is 6.39. The van der Waals surface area contributed by atoms with Gasteiger partial charge in [0.15, 0.2) is 5.82 Å². The lowest BCUT2D eigenvalue weighted by Crippen LogP contribution is -2.29. The molecule has 2 heterocycles. The van der Waals surface area contributed by atoms with E-state index in [0.717, 1.165) is 0 Å². The third-order valence-corrected chi connectivity index (χ3v) is 4.60. The Labute approximate surface area is 158 Å². The van der Waals surface area contributed by atoms with Crippen LogP contribution in [-0.4, -0.2) is 27.3 Å². The molecule has 1 fully saturated rings. The number of alkyl halides is 2. The van der Waals surface area contributed by atoms with E-state index in [-0.39, 0.29) is 11.8 Å². The Bertz CT molecular complexity index is 1000. The maximum absolute atomic E-state index is 14.1. The minimum Gasteiger partial charge on any atom is -0.417 e. The quantitative estimate of drug-likeness (QED) is 0.700. The Morgan fingerprint density at radius 1 is 1.18 bits per heavy atom. The number of nitrogens with one attached hydrogen (secondary N) is 1. The second kappa shape index (κ2) is 6.99. The number of carbonyl (C=O) groups is 1. The maximum atomic E-state index is 14.1. The van der Waals surface area contributed by atoms with Crippen LogP contribution in [-0.2, 0) is 10.2 Å². The van der Waals surface area contributed by atoms with Gasteiger partial charge in [0.2, 0.25) is 11.8 Å². The van der Waals surface area contributed by atoms with Gasteiger partial charge in [0.1, 0.15) is 5.82 Å². The van der Waals surface area contributed by atoms with Gasteiger partial charge in [-0.25, -0.2) is 14.1 Å².